The monoisotopic (exact) mass is 399 g/mol. The van der Waals surface area contributed by atoms with Crippen molar-refractivity contribution < 1.29 is 0 Å². The second kappa shape index (κ2) is 6.35. The molecule has 0 atom stereocenters. The van der Waals surface area contributed by atoms with Crippen molar-refractivity contribution in [2.75, 3.05) is 5.32 Å². The Bertz CT molecular complexity index is 585. The smallest absolute Gasteiger partial charge is 0.0479 e. The van der Waals surface area contributed by atoms with Crippen LogP contribution in [-0.4, -0.2) is 0 Å². The first-order chi connectivity index (χ1) is 9.36. The van der Waals surface area contributed by atoms with Crippen molar-refractivity contribution in [3.05, 3.63) is 62.2 Å². The van der Waals surface area contributed by atoms with Crippen LogP contribution in [0.5, 0.6) is 0 Å². The van der Waals surface area contributed by atoms with Crippen molar-refractivity contribution in [1.29, 1.82) is 0 Å². The highest BCUT2D eigenvalue weighted by Crippen LogP contribution is 2.24. The molecule has 0 fully saturated rings. The number of benzene rings is 2. The molecule has 0 aliphatic heterocycles. The van der Waals surface area contributed by atoms with E-state index in [0.29, 0.717) is 0 Å². The lowest BCUT2D eigenvalue weighted by atomic mass is 9.87. The van der Waals surface area contributed by atoms with Crippen molar-refractivity contribution in [3.8, 4) is 0 Å². The van der Waals surface area contributed by atoms with E-state index in [2.05, 4.69) is 72.9 Å². The molecule has 0 unspecified atom stereocenters. The molecule has 20 heavy (non-hydrogen) atoms. The van der Waals surface area contributed by atoms with Crippen LogP contribution in [0.2, 0.25) is 5.02 Å². The summed E-state index contributed by atoms with van der Waals surface area (Å²) in [7, 11) is 0. The van der Waals surface area contributed by atoms with Crippen LogP contribution in [0.3, 0.4) is 0 Å². The predicted octanol–water partition coefficient (Wildman–Crippen LogP) is 5.85. The molecule has 0 saturated heterocycles. The lowest BCUT2D eigenvalue weighted by molar-refractivity contribution is 0.590. The Hall–Kier alpha value is -0.740. The van der Waals surface area contributed by atoms with Gasteiger partial charge >= 0.3 is 0 Å². The second-order valence-corrected chi connectivity index (χ2v) is 7.52. The quantitative estimate of drug-likeness (QED) is 0.638. The molecule has 0 aliphatic carbocycles. The summed E-state index contributed by atoms with van der Waals surface area (Å²) in [6.45, 7) is 7.52. The molecule has 1 N–H and O–H groups in total. The van der Waals surface area contributed by atoms with Gasteiger partial charge in [0.15, 0.2) is 0 Å². The maximum absolute atomic E-state index is 5.96. The number of anilines is 1. The van der Waals surface area contributed by atoms with Crippen molar-refractivity contribution >= 4 is 39.9 Å². The highest BCUT2D eigenvalue weighted by Gasteiger charge is 2.12. The molecule has 2 rings (SSSR count). The fourth-order valence-electron chi connectivity index (χ4n) is 1.95. The Balaban J connectivity index is 2.04. The molecule has 0 aliphatic rings. The number of hydrogen-bond donors (Lipinski definition) is 1. The first-order valence-electron chi connectivity index (χ1n) is 6.64. The summed E-state index contributed by atoms with van der Waals surface area (Å²) < 4.78 is 1.14. The van der Waals surface area contributed by atoms with Gasteiger partial charge in [-0.25, -0.2) is 0 Å². The van der Waals surface area contributed by atoms with E-state index in [9.17, 15) is 0 Å². The van der Waals surface area contributed by atoms with E-state index in [1.165, 1.54) is 11.1 Å². The lowest BCUT2D eigenvalue weighted by Gasteiger charge is -2.19. The fraction of sp³-hybridized carbons (Fsp3) is 0.294. The summed E-state index contributed by atoms with van der Waals surface area (Å²) in [5, 5.41) is 4.22. The molecule has 0 radical (unpaired) electrons. The zero-order valence-electron chi connectivity index (χ0n) is 12.0. The predicted molar refractivity (Wildman–Crippen MR) is 96.6 cm³/mol. The van der Waals surface area contributed by atoms with Gasteiger partial charge in [0, 0.05) is 20.8 Å². The molecule has 2 aromatic rings. The molecule has 0 spiro atoms. The summed E-state index contributed by atoms with van der Waals surface area (Å²) in [5.41, 5.74) is 3.97. The van der Waals surface area contributed by atoms with Crippen molar-refractivity contribution in [1.82, 2.24) is 0 Å². The van der Waals surface area contributed by atoms with E-state index in [4.69, 9.17) is 11.6 Å². The highest BCUT2D eigenvalue weighted by atomic mass is 127. The van der Waals surface area contributed by atoms with Gasteiger partial charge in [-0.05, 0) is 57.3 Å². The molecule has 106 valence electrons. The van der Waals surface area contributed by atoms with E-state index in [0.717, 1.165) is 20.8 Å². The van der Waals surface area contributed by atoms with Crippen LogP contribution >= 0.6 is 34.2 Å². The fourth-order valence-corrected chi connectivity index (χ4v) is 3.01. The minimum absolute atomic E-state index is 0.206. The van der Waals surface area contributed by atoms with Crippen molar-refractivity contribution in [3.63, 3.8) is 0 Å². The standard InChI is InChI=1S/C17H19ClIN/c1-17(2,3)13-6-4-12(5-7-13)11-20-16-9-8-14(18)10-15(16)19/h4-10,20H,11H2,1-3H3. The van der Waals surface area contributed by atoms with Crippen LogP contribution in [0.1, 0.15) is 31.9 Å². The highest BCUT2D eigenvalue weighted by molar-refractivity contribution is 14.1. The van der Waals surface area contributed by atoms with Crippen LogP contribution in [-0.2, 0) is 12.0 Å². The van der Waals surface area contributed by atoms with Gasteiger partial charge in [0.1, 0.15) is 0 Å². The van der Waals surface area contributed by atoms with Crippen molar-refractivity contribution in [2.45, 2.75) is 32.7 Å². The Kier molecular flexibility index (Phi) is 4.97. The van der Waals surface area contributed by atoms with E-state index in [1.54, 1.807) is 0 Å². The van der Waals surface area contributed by atoms with Crippen molar-refractivity contribution in [2.24, 2.45) is 0 Å². The Morgan fingerprint density at radius 2 is 1.70 bits per heavy atom. The third kappa shape index (κ3) is 4.13. The van der Waals surface area contributed by atoms with Gasteiger partial charge in [0.25, 0.3) is 0 Å². The van der Waals surface area contributed by atoms with E-state index < -0.39 is 0 Å². The van der Waals surface area contributed by atoms with Crippen LogP contribution in [0.15, 0.2) is 42.5 Å². The zero-order chi connectivity index (χ0) is 14.8. The van der Waals surface area contributed by atoms with Gasteiger partial charge in [0.05, 0.1) is 0 Å². The average Bonchev–Trinajstić information content (AvgIpc) is 2.37. The molecule has 0 amide bonds. The molecule has 0 bridgehead atoms. The molecule has 1 nitrogen and oxygen atoms in total. The molecule has 0 saturated carbocycles. The molecule has 0 aromatic heterocycles. The van der Waals surface area contributed by atoms with Gasteiger partial charge in [0.2, 0.25) is 0 Å². The van der Waals surface area contributed by atoms with Crippen LogP contribution in [0.4, 0.5) is 5.69 Å². The third-order valence-corrected chi connectivity index (χ3v) is 4.36. The lowest BCUT2D eigenvalue weighted by Crippen LogP contribution is -2.11. The third-order valence-electron chi connectivity index (χ3n) is 3.23. The second-order valence-electron chi connectivity index (χ2n) is 5.92. The summed E-state index contributed by atoms with van der Waals surface area (Å²) >= 11 is 8.26. The maximum atomic E-state index is 5.96. The first-order valence-corrected chi connectivity index (χ1v) is 8.10. The van der Waals surface area contributed by atoms with Crippen LogP contribution in [0, 0.1) is 3.57 Å². The van der Waals surface area contributed by atoms with Gasteiger partial charge in [-0.1, -0.05) is 56.6 Å². The number of rotatable bonds is 3. The van der Waals surface area contributed by atoms with E-state index >= 15 is 0 Å². The molecule has 0 heterocycles. The summed E-state index contributed by atoms with van der Waals surface area (Å²) in [5.74, 6) is 0. The van der Waals surface area contributed by atoms with Gasteiger partial charge in [-0.2, -0.15) is 0 Å². The topological polar surface area (TPSA) is 12.0 Å². The minimum Gasteiger partial charge on any atom is -0.380 e. The van der Waals surface area contributed by atoms with Crippen LogP contribution < -0.4 is 5.32 Å². The molecule has 3 heteroatoms. The van der Waals surface area contributed by atoms with Gasteiger partial charge in [-0.15, -0.1) is 0 Å². The SMILES string of the molecule is CC(C)(C)c1ccc(CNc2ccc(Cl)cc2I)cc1. The summed E-state index contributed by atoms with van der Waals surface area (Å²) in [4.78, 5) is 0. The van der Waals surface area contributed by atoms with Gasteiger partial charge in [-0.3, -0.25) is 0 Å². The molecular weight excluding hydrogens is 381 g/mol. The van der Waals surface area contributed by atoms with Gasteiger partial charge < -0.3 is 5.32 Å². The largest absolute Gasteiger partial charge is 0.380 e. The zero-order valence-corrected chi connectivity index (χ0v) is 14.9. The summed E-state index contributed by atoms with van der Waals surface area (Å²) in [6.07, 6.45) is 0. The normalized spacial score (nSPS) is 11.4. The first kappa shape index (κ1) is 15.6. The summed E-state index contributed by atoms with van der Waals surface area (Å²) in [6, 6.07) is 14.7. The molecule has 2 aromatic carbocycles. The number of nitrogens with one attached hydrogen (secondary N) is 1. The minimum atomic E-state index is 0.206. The Morgan fingerprint density at radius 1 is 1.05 bits per heavy atom. The maximum Gasteiger partial charge on any atom is 0.0479 e. The van der Waals surface area contributed by atoms with E-state index in [-0.39, 0.29) is 5.41 Å². The Labute approximate surface area is 139 Å². The van der Waals surface area contributed by atoms with E-state index in [1.807, 2.05) is 18.2 Å². The Morgan fingerprint density at radius 3 is 2.25 bits per heavy atom. The number of hydrogen-bond acceptors (Lipinski definition) is 1. The van der Waals surface area contributed by atoms with Crippen LogP contribution in [0.25, 0.3) is 0 Å². The average molecular weight is 400 g/mol. The molecular formula is C17H19ClIN. The number of halogens is 2.